The summed E-state index contributed by atoms with van der Waals surface area (Å²) < 4.78 is 0. The summed E-state index contributed by atoms with van der Waals surface area (Å²) >= 11 is 5.71. The van der Waals surface area contributed by atoms with Gasteiger partial charge in [-0.05, 0) is 23.6 Å². The maximum Gasteiger partial charge on any atom is 0.0406 e. The van der Waals surface area contributed by atoms with Crippen LogP contribution < -0.4 is 5.30 Å². The molecule has 0 aliphatic heterocycles. The molecule has 0 fully saturated rings. The minimum absolute atomic E-state index is 0.824. The Morgan fingerprint density at radius 3 is 2.40 bits per heavy atom. The molecule has 0 amide bonds. The first-order valence-corrected chi connectivity index (χ1v) is 4.91. The van der Waals surface area contributed by atoms with Crippen molar-refractivity contribution in [2.75, 3.05) is 6.16 Å². The van der Waals surface area contributed by atoms with Crippen LogP contribution >= 0.6 is 20.2 Å². The number of hydrogen-bond acceptors (Lipinski definition) is 0. The second-order valence-electron chi connectivity index (χ2n) is 2.04. The van der Waals surface area contributed by atoms with Crippen LogP contribution in [-0.4, -0.2) is 6.16 Å². The van der Waals surface area contributed by atoms with Gasteiger partial charge in [0, 0.05) is 5.02 Å². The highest BCUT2D eigenvalue weighted by molar-refractivity contribution is 7.47. The molecular weight excluding hydrogens is 163 g/mol. The normalized spacial score (nSPS) is 11.0. The number of halogens is 1. The molecule has 1 atom stereocenters. The van der Waals surface area contributed by atoms with Crippen LogP contribution in [0.1, 0.15) is 6.92 Å². The van der Waals surface area contributed by atoms with Gasteiger partial charge in [0.05, 0.1) is 0 Å². The van der Waals surface area contributed by atoms with Crippen LogP contribution in [-0.2, 0) is 0 Å². The number of benzene rings is 1. The summed E-state index contributed by atoms with van der Waals surface area (Å²) in [7, 11) is 0.925. The summed E-state index contributed by atoms with van der Waals surface area (Å²) in [5.41, 5.74) is 0. The third-order valence-electron chi connectivity index (χ3n) is 1.23. The minimum Gasteiger partial charge on any atom is -0.0907 e. The molecule has 0 bridgehead atoms. The largest absolute Gasteiger partial charge is 0.0907 e. The second kappa shape index (κ2) is 3.95. The van der Waals surface area contributed by atoms with Gasteiger partial charge in [-0.2, -0.15) is 0 Å². The molecule has 0 aliphatic carbocycles. The molecule has 1 aromatic rings. The van der Waals surface area contributed by atoms with Crippen LogP contribution in [0.15, 0.2) is 24.3 Å². The summed E-state index contributed by atoms with van der Waals surface area (Å²) in [6, 6.07) is 8.06. The third kappa shape index (κ3) is 2.28. The lowest BCUT2D eigenvalue weighted by Crippen LogP contribution is -1.91. The zero-order valence-electron chi connectivity index (χ0n) is 5.89. The van der Waals surface area contributed by atoms with Gasteiger partial charge in [-0.15, -0.1) is 0 Å². The zero-order chi connectivity index (χ0) is 7.40. The molecule has 0 spiro atoms. The van der Waals surface area contributed by atoms with Gasteiger partial charge >= 0.3 is 0 Å². The maximum absolute atomic E-state index is 5.71. The van der Waals surface area contributed by atoms with Crippen molar-refractivity contribution in [1.82, 2.24) is 0 Å². The molecule has 0 N–H and O–H groups in total. The molecule has 0 saturated heterocycles. The highest BCUT2D eigenvalue weighted by Gasteiger charge is 1.88. The highest BCUT2D eigenvalue weighted by Crippen LogP contribution is 2.11. The van der Waals surface area contributed by atoms with E-state index in [1.807, 2.05) is 12.1 Å². The molecule has 0 radical (unpaired) electrons. The maximum atomic E-state index is 5.71. The van der Waals surface area contributed by atoms with E-state index >= 15 is 0 Å². The first-order valence-electron chi connectivity index (χ1n) is 3.32. The molecule has 1 rings (SSSR count). The summed E-state index contributed by atoms with van der Waals surface area (Å²) in [5, 5.41) is 2.22. The van der Waals surface area contributed by atoms with Gasteiger partial charge in [-0.25, -0.2) is 0 Å². The Morgan fingerprint density at radius 1 is 1.30 bits per heavy atom. The summed E-state index contributed by atoms with van der Waals surface area (Å²) in [5.74, 6) is 0. The Kier molecular flexibility index (Phi) is 3.18. The molecule has 10 heavy (non-hydrogen) atoms. The average Bonchev–Trinajstić information content (AvgIpc) is 1.95. The van der Waals surface area contributed by atoms with Crippen molar-refractivity contribution in [1.29, 1.82) is 0 Å². The van der Waals surface area contributed by atoms with Gasteiger partial charge in [-0.3, -0.25) is 0 Å². The van der Waals surface area contributed by atoms with Crippen LogP contribution in [0.4, 0.5) is 0 Å². The van der Waals surface area contributed by atoms with Crippen LogP contribution in [0.25, 0.3) is 0 Å². The lowest BCUT2D eigenvalue weighted by Gasteiger charge is -1.96. The van der Waals surface area contributed by atoms with Gasteiger partial charge < -0.3 is 0 Å². The minimum atomic E-state index is 0.824. The fourth-order valence-corrected chi connectivity index (χ4v) is 1.71. The van der Waals surface area contributed by atoms with E-state index in [0.29, 0.717) is 0 Å². The monoisotopic (exact) mass is 172 g/mol. The van der Waals surface area contributed by atoms with Crippen LogP contribution in [0.3, 0.4) is 0 Å². The van der Waals surface area contributed by atoms with Crippen molar-refractivity contribution < 1.29 is 0 Å². The van der Waals surface area contributed by atoms with Crippen LogP contribution in [0.5, 0.6) is 0 Å². The van der Waals surface area contributed by atoms with E-state index in [1.54, 1.807) is 0 Å². The molecule has 1 unspecified atom stereocenters. The van der Waals surface area contributed by atoms with E-state index in [4.69, 9.17) is 11.6 Å². The Bertz CT molecular complexity index is 193. The van der Waals surface area contributed by atoms with E-state index in [0.717, 1.165) is 13.6 Å². The Balaban J connectivity index is 2.69. The van der Waals surface area contributed by atoms with Crippen molar-refractivity contribution in [3.63, 3.8) is 0 Å². The van der Waals surface area contributed by atoms with Crippen molar-refractivity contribution in [3.8, 4) is 0 Å². The van der Waals surface area contributed by atoms with Crippen molar-refractivity contribution >= 4 is 25.5 Å². The van der Waals surface area contributed by atoms with Crippen LogP contribution in [0, 0.1) is 0 Å². The summed E-state index contributed by atoms with van der Waals surface area (Å²) in [4.78, 5) is 0. The van der Waals surface area contributed by atoms with Gasteiger partial charge in [-0.1, -0.05) is 39.2 Å². The number of rotatable bonds is 2. The van der Waals surface area contributed by atoms with Gasteiger partial charge in [0.25, 0.3) is 0 Å². The molecule has 0 aromatic heterocycles. The van der Waals surface area contributed by atoms with Crippen molar-refractivity contribution in [2.24, 2.45) is 0 Å². The van der Waals surface area contributed by atoms with Gasteiger partial charge in [0.15, 0.2) is 0 Å². The van der Waals surface area contributed by atoms with E-state index in [-0.39, 0.29) is 0 Å². The first-order chi connectivity index (χ1) is 4.83. The molecule has 0 heterocycles. The Hall–Kier alpha value is -0.0600. The van der Waals surface area contributed by atoms with Crippen molar-refractivity contribution in [3.05, 3.63) is 29.3 Å². The molecule has 2 heteroatoms. The van der Waals surface area contributed by atoms with E-state index in [2.05, 4.69) is 19.1 Å². The lowest BCUT2D eigenvalue weighted by molar-refractivity contribution is 1.52. The second-order valence-corrected chi connectivity index (χ2v) is 4.11. The Labute approximate surface area is 68.4 Å². The number of hydrogen-bond donors (Lipinski definition) is 0. The zero-order valence-corrected chi connectivity index (χ0v) is 7.65. The molecule has 0 aliphatic rings. The molecule has 1 aromatic carbocycles. The predicted molar refractivity (Wildman–Crippen MR) is 49.9 cm³/mol. The fourth-order valence-electron chi connectivity index (χ4n) is 0.772. The first kappa shape index (κ1) is 8.04. The molecule has 0 saturated carbocycles. The molecule has 54 valence electrons. The fraction of sp³-hybridized carbons (Fsp3) is 0.250. The van der Waals surface area contributed by atoms with Crippen LogP contribution in [0.2, 0.25) is 5.02 Å². The Morgan fingerprint density at radius 2 is 1.90 bits per heavy atom. The lowest BCUT2D eigenvalue weighted by atomic mass is 10.4. The highest BCUT2D eigenvalue weighted by atomic mass is 35.5. The topological polar surface area (TPSA) is 0 Å². The standard InChI is InChI=1S/C8H10ClP/c1-2-10-8-5-3-7(9)4-6-8/h3-6,10H,2H2,1H3. The summed E-state index contributed by atoms with van der Waals surface area (Å²) in [6.07, 6.45) is 1.22. The van der Waals surface area contributed by atoms with E-state index in [9.17, 15) is 0 Å². The smallest absolute Gasteiger partial charge is 0.0406 e. The SMILES string of the molecule is CCPc1ccc(Cl)cc1. The molecule has 0 nitrogen and oxygen atoms in total. The summed E-state index contributed by atoms with van der Waals surface area (Å²) in [6.45, 7) is 2.19. The van der Waals surface area contributed by atoms with E-state index in [1.165, 1.54) is 11.5 Å². The quantitative estimate of drug-likeness (QED) is 0.602. The van der Waals surface area contributed by atoms with Crippen molar-refractivity contribution in [2.45, 2.75) is 6.92 Å². The van der Waals surface area contributed by atoms with Gasteiger partial charge in [0.2, 0.25) is 0 Å². The average molecular weight is 173 g/mol. The molecular formula is C8H10ClP. The third-order valence-corrected chi connectivity index (χ3v) is 2.57. The van der Waals surface area contributed by atoms with Gasteiger partial charge in [0.1, 0.15) is 0 Å². The van der Waals surface area contributed by atoms with E-state index < -0.39 is 0 Å². The predicted octanol–water partition coefficient (Wildman–Crippen LogP) is 2.66.